The highest BCUT2D eigenvalue weighted by Gasteiger charge is 2.13. The molecule has 0 bridgehead atoms. The van der Waals surface area contributed by atoms with Gasteiger partial charge in [-0.15, -0.1) is 0 Å². The van der Waals surface area contributed by atoms with E-state index in [2.05, 4.69) is 35.1 Å². The van der Waals surface area contributed by atoms with Gasteiger partial charge in [-0.1, -0.05) is 6.92 Å². The Morgan fingerprint density at radius 2 is 2.40 bits per heavy atom. The molecule has 0 aliphatic rings. The highest BCUT2D eigenvalue weighted by molar-refractivity contribution is 7.98. The summed E-state index contributed by atoms with van der Waals surface area (Å²) < 4.78 is 2.10. The van der Waals surface area contributed by atoms with Crippen LogP contribution in [0.4, 0.5) is 0 Å². The molecule has 0 saturated carbocycles. The predicted molar refractivity (Wildman–Crippen MR) is 67.2 cm³/mol. The van der Waals surface area contributed by atoms with Crippen molar-refractivity contribution in [1.29, 1.82) is 0 Å². The van der Waals surface area contributed by atoms with E-state index < -0.39 is 0 Å². The van der Waals surface area contributed by atoms with Gasteiger partial charge in [0, 0.05) is 19.4 Å². The summed E-state index contributed by atoms with van der Waals surface area (Å²) >= 11 is 1.89. The zero-order chi connectivity index (χ0) is 11.1. The molecular weight excluding hydrogens is 206 g/mol. The minimum absolute atomic E-state index is 0.400. The lowest BCUT2D eigenvalue weighted by Gasteiger charge is -2.17. The molecule has 1 atom stereocenters. The quantitative estimate of drug-likeness (QED) is 0.774. The van der Waals surface area contributed by atoms with Gasteiger partial charge in [0.2, 0.25) is 0 Å². The number of thioether (sulfide) groups is 1. The Morgan fingerprint density at radius 3 is 2.93 bits per heavy atom. The van der Waals surface area contributed by atoms with Gasteiger partial charge in [-0.2, -0.15) is 11.8 Å². The van der Waals surface area contributed by atoms with Crippen molar-refractivity contribution >= 4 is 11.8 Å². The fourth-order valence-corrected chi connectivity index (χ4v) is 2.06. The lowest BCUT2D eigenvalue weighted by Crippen LogP contribution is -2.25. The summed E-state index contributed by atoms with van der Waals surface area (Å²) in [4.78, 5) is 4.41. The third kappa shape index (κ3) is 3.87. The Morgan fingerprint density at radius 1 is 1.60 bits per heavy atom. The van der Waals surface area contributed by atoms with Crippen LogP contribution in [0.25, 0.3) is 0 Å². The summed E-state index contributed by atoms with van der Waals surface area (Å²) in [6.45, 7) is 3.25. The SMILES string of the molecule is CCCNC(CCSC)c1nccn1C. The zero-order valence-electron chi connectivity index (χ0n) is 9.86. The molecule has 1 rings (SSSR count). The zero-order valence-corrected chi connectivity index (χ0v) is 10.7. The van der Waals surface area contributed by atoms with Crippen molar-refractivity contribution in [3.8, 4) is 0 Å². The van der Waals surface area contributed by atoms with E-state index in [0.29, 0.717) is 6.04 Å². The fourth-order valence-electron chi connectivity index (χ4n) is 1.59. The van der Waals surface area contributed by atoms with Crippen molar-refractivity contribution in [3.05, 3.63) is 18.2 Å². The van der Waals surface area contributed by atoms with Crippen molar-refractivity contribution in [1.82, 2.24) is 14.9 Å². The number of rotatable bonds is 7. The Labute approximate surface area is 96.7 Å². The maximum Gasteiger partial charge on any atom is 0.125 e. The van der Waals surface area contributed by atoms with Gasteiger partial charge in [0.15, 0.2) is 0 Å². The van der Waals surface area contributed by atoms with E-state index in [4.69, 9.17) is 0 Å². The molecule has 0 fully saturated rings. The van der Waals surface area contributed by atoms with E-state index in [1.165, 1.54) is 12.2 Å². The monoisotopic (exact) mass is 227 g/mol. The van der Waals surface area contributed by atoms with Crippen LogP contribution in [-0.4, -0.2) is 28.1 Å². The van der Waals surface area contributed by atoms with Gasteiger partial charge in [0.1, 0.15) is 5.82 Å². The van der Waals surface area contributed by atoms with Crippen LogP contribution in [0.15, 0.2) is 12.4 Å². The standard InChI is InChI=1S/C11H21N3S/c1-4-6-12-10(5-9-15-3)11-13-7-8-14(11)2/h7-8,10,12H,4-6,9H2,1-3H3. The number of imidazole rings is 1. The van der Waals surface area contributed by atoms with Gasteiger partial charge < -0.3 is 9.88 Å². The Hall–Kier alpha value is -0.480. The number of aryl methyl sites for hydroxylation is 1. The first-order chi connectivity index (χ1) is 7.29. The molecule has 1 unspecified atom stereocenters. The van der Waals surface area contributed by atoms with Gasteiger partial charge in [-0.05, 0) is 31.4 Å². The fraction of sp³-hybridized carbons (Fsp3) is 0.727. The average molecular weight is 227 g/mol. The minimum atomic E-state index is 0.400. The molecule has 4 heteroatoms. The molecule has 1 aromatic heterocycles. The van der Waals surface area contributed by atoms with Crippen molar-refractivity contribution in [3.63, 3.8) is 0 Å². The number of nitrogens with zero attached hydrogens (tertiary/aromatic N) is 2. The average Bonchev–Trinajstić information content (AvgIpc) is 2.65. The lowest BCUT2D eigenvalue weighted by molar-refractivity contribution is 0.485. The Balaban J connectivity index is 2.58. The van der Waals surface area contributed by atoms with E-state index in [0.717, 1.165) is 18.8 Å². The summed E-state index contributed by atoms with van der Waals surface area (Å²) in [5.41, 5.74) is 0. The van der Waals surface area contributed by atoms with E-state index in [1.54, 1.807) is 0 Å². The molecule has 0 aromatic carbocycles. The number of hydrogen-bond donors (Lipinski definition) is 1. The van der Waals surface area contributed by atoms with Gasteiger partial charge in [-0.3, -0.25) is 0 Å². The minimum Gasteiger partial charge on any atom is -0.337 e. The molecule has 86 valence electrons. The van der Waals surface area contributed by atoms with Gasteiger partial charge >= 0.3 is 0 Å². The van der Waals surface area contributed by atoms with E-state index in [-0.39, 0.29) is 0 Å². The third-order valence-corrected chi connectivity index (χ3v) is 3.07. The molecular formula is C11H21N3S. The largest absolute Gasteiger partial charge is 0.337 e. The molecule has 3 nitrogen and oxygen atoms in total. The predicted octanol–water partition coefficient (Wildman–Crippen LogP) is 2.21. The smallest absolute Gasteiger partial charge is 0.125 e. The van der Waals surface area contributed by atoms with Crippen LogP contribution in [0.3, 0.4) is 0 Å². The summed E-state index contributed by atoms with van der Waals surface area (Å²) in [5.74, 6) is 2.33. The van der Waals surface area contributed by atoms with E-state index in [1.807, 2.05) is 24.2 Å². The Bertz CT molecular complexity index is 265. The van der Waals surface area contributed by atoms with Crippen LogP contribution in [0, 0.1) is 0 Å². The van der Waals surface area contributed by atoms with E-state index >= 15 is 0 Å². The summed E-state index contributed by atoms with van der Waals surface area (Å²) in [5, 5.41) is 3.55. The highest BCUT2D eigenvalue weighted by atomic mass is 32.2. The third-order valence-electron chi connectivity index (χ3n) is 2.42. The van der Waals surface area contributed by atoms with Crippen LogP contribution in [0.1, 0.15) is 31.6 Å². The number of hydrogen-bond acceptors (Lipinski definition) is 3. The van der Waals surface area contributed by atoms with Crippen molar-refractivity contribution < 1.29 is 0 Å². The molecule has 1 N–H and O–H groups in total. The van der Waals surface area contributed by atoms with Crippen molar-refractivity contribution in [2.75, 3.05) is 18.6 Å². The van der Waals surface area contributed by atoms with Crippen LogP contribution < -0.4 is 5.32 Å². The number of aromatic nitrogens is 2. The molecule has 15 heavy (non-hydrogen) atoms. The van der Waals surface area contributed by atoms with Crippen LogP contribution in [0.5, 0.6) is 0 Å². The lowest BCUT2D eigenvalue weighted by atomic mass is 10.2. The molecule has 1 heterocycles. The molecule has 0 amide bonds. The van der Waals surface area contributed by atoms with Crippen LogP contribution >= 0.6 is 11.8 Å². The summed E-state index contributed by atoms with van der Waals surface area (Å²) in [7, 11) is 2.06. The first kappa shape index (κ1) is 12.6. The molecule has 0 radical (unpaired) electrons. The number of nitrogens with one attached hydrogen (secondary N) is 1. The highest BCUT2D eigenvalue weighted by Crippen LogP contribution is 2.16. The molecule has 1 aromatic rings. The second-order valence-corrected chi connectivity index (χ2v) is 4.67. The van der Waals surface area contributed by atoms with Gasteiger partial charge in [0.25, 0.3) is 0 Å². The Kier molecular flexibility index (Phi) is 5.79. The summed E-state index contributed by atoms with van der Waals surface area (Å²) in [6.07, 6.45) is 8.34. The van der Waals surface area contributed by atoms with Crippen molar-refractivity contribution in [2.24, 2.45) is 7.05 Å². The van der Waals surface area contributed by atoms with E-state index in [9.17, 15) is 0 Å². The van der Waals surface area contributed by atoms with Crippen molar-refractivity contribution in [2.45, 2.75) is 25.8 Å². The maximum atomic E-state index is 4.41. The van der Waals surface area contributed by atoms with Gasteiger partial charge in [-0.25, -0.2) is 4.98 Å². The topological polar surface area (TPSA) is 29.9 Å². The van der Waals surface area contributed by atoms with Crippen LogP contribution in [-0.2, 0) is 7.05 Å². The summed E-state index contributed by atoms with van der Waals surface area (Å²) in [6, 6.07) is 0.400. The normalized spacial score (nSPS) is 13.0. The molecule has 0 aliphatic heterocycles. The second-order valence-electron chi connectivity index (χ2n) is 3.68. The van der Waals surface area contributed by atoms with Crippen LogP contribution in [0.2, 0.25) is 0 Å². The maximum absolute atomic E-state index is 4.41. The molecule has 0 spiro atoms. The first-order valence-electron chi connectivity index (χ1n) is 5.49. The molecule has 0 saturated heterocycles. The first-order valence-corrected chi connectivity index (χ1v) is 6.88. The van der Waals surface area contributed by atoms with Gasteiger partial charge in [0.05, 0.1) is 6.04 Å². The molecule has 0 aliphatic carbocycles. The second kappa shape index (κ2) is 6.90.